The minimum atomic E-state index is -0.901. The summed E-state index contributed by atoms with van der Waals surface area (Å²) in [4.78, 5) is 1.82. The van der Waals surface area contributed by atoms with Crippen LogP contribution in [0, 0.1) is 0 Å². The van der Waals surface area contributed by atoms with Crippen molar-refractivity contribution in [3.8, 4) is 0 Å². The summed E-state index contributed by atoms with van der Waals surface area (Å²) in [7, 11) is 0. The number of hydrogen-bond donors (Lipinski definition) is 1. The fourth-order valence-corrected chi connectivity index (χ4v) is 1.99. The second-order valence-electron chi connectivity index (χ2n) is 3.24. The number of hydrogen-bond acceptors (Lipinski definition) is 2. The lowest BCUT2D eigenvalue weighted by Crippen LogP contribution is -2.35. The lowest BCUT2D eigenvalue weighted by molar-refractivity contribution is 0.246. The third kappa shape index (κ3) is 1.64. The van der Waals surface area contributed by atoms with Gasteiger partial charge in [-0.15, -0.1) is 0 Å². The highest BCUT2D eigenvalue weighted by atomic mass is 35.5. The van der Waals surface area contributed by atoms with Crippen LogP contribution in [-0.4, -0.2) is 17.3 Å². The molecule has 0 fully saturated rings. The predicted molar refractivity (Wildman–Crippen MR) is 54.0 cm³/mol. The van der Waals surface area contributed by atoms with Crippen LogP contribution in [0.1, 0.15) is 12.0 Å². The van der Waals surface area contributed by atoms with Gasteiger partial charge in [0.15, 0.2) is 0 Å². The molecule has 0 spiro atoms. The first-order chi connectivity index (χ1) is 6.29. The molecule has 1 aliphatic rings. The van der Waals surface area contributed by atoms with Gasteiger partial charge < -0.3 is 10.0 Å². The van der Waals surface area contributed by atoms with Gasteiger partial charge in [-0.1, -0.05) is 29.8 Å². The third-order valence-electron chi connectivity index (χ3n) is 2.40. The summed E-state index contributed by atoms with van der Waals surface area (Å²) >= 11 is 5.67. The van der Waals surface area contributed by atoms with Crippen LogP contribution in [0.25, 0.3) is 0 Å². The Kier molecular flexibility index (Phi) is 2.42. The van der Waals surface area contributed by atoms with Gasteiger partial charge in [0.1, 0.15) is 0 Å². The lowest BCUT2D eigenvalue weighted by atomic mass is 10.0. The molecule has 1 unspecified atom stereocenters. The van der Waals surface area contributed by atoms with E-state index in [-0.39, 0.29) is 0 Å². The molecule has 0 radical (unpaired) electrons. The van der Waals surface area contributed by atoms with Gasteiger partial charge in [0.2, 0.25) is 5.69 Å². The summed E-state index contributed by atoms with van der Waals surface area (Å²) in [5.41, 5.74) is 1.44. The Balaban J connectivity index is 2.37. The molecule has 0 saturated carbocycles. The van der Waals surface area contributed by atoms with Crippen molar-refractivity contribution in [1.82, 2.24) is 0 Å². The average molecular weight is 198 g/mol. The normalized spacial score (nSPS) is 18.2. The Morgan fingerprint density at radius 2 is 2.15 bits per heavy atom. The van der Waals surface area contributed by atoms with Crippen molar-refractivity contribution < 1.29 is 5.11 Å². The number of rotatable bonds is 1. The van der Waals surface area contributed by atoms with Gasteiger partial charge in [-0.25, -0.2) is 0 Å². The minimum Gasteiger partial charge on any atom is -0.361 e. The molecular formula is C10H12ClNO. The van der Waals surface area contributed by atoms with Crippen LogP contribution >= 0.6 is 11.6 Å². The zero-order chi connectivity index (χ0) is 9.26. The smallest absolute Gasteiger partial charge is 0.205 e. The van der Waals surface area contributed by atoms with E-state index in [2.05, 4.69) is 6.07 Å². The number of alkyl halides is 1. The Hall–Kier alpha value is -0.730. The van der Waals surface area contributed by atoms with Gasteiger partial charge in [0.05, 0.1) is 0 Å². The van der Waals surface area contributed by atoms with Crippen molar-refractivity contribution in [1.29, 1.82) is 0 Å². The quantitative estimate of drug-likeness (QED) is 0.550. The number of aliphatic hydroxyl groups excluding tert-OH is 1. The molecule has 13 heavy (non-hydrogen) atoms. The van der Waals surface area contributed by atoms with Crippen LogP contribution in [0.4, 0.5) is 5.69 Å². The second-order valence-corrected chi connectivity index (χ2v) is 3.63. The Morgan fingerprint density at radius 3 is 2.92 bits per heavy atom. The SMILES string of the molecule is OC(Cl)N1CCCc2ccccc21. The molecule has 1 aromatic carbocycles. The summed E-state index contributed by atoms with van der Waals surface area (Å²) in [5, 5.41) is 9.32. The largest absolute Gasteiger partial charge is 0.361 e. The second kappa shape index (κ2) is 3.56. The zero-order valence-electron chi connectivity index (χ0n) is 7.28. The maximum absolute atomic E-state index is 9.32. The Bertz CT molecular complexity index is 301. The molecule has 0 aromatic heterocycles. The average Bonchev–Trinajstić information content (AvgIpc) is 2.17. The van der Waals surface area contributed by atoms with Crippen LogP contribution in [0.5, 0.6) is 0 Å². The maximum atomic E-state index is 9.32. The van der Waals surface area contributed by atoms with E-state index in [9.17, 15) is 5.11 Å². The third-order valence-corrected chi connectivity index (χ3v) is 2.64. The molecule has 1 aromatic rings. The summed E-state index contributed by atoms with van der Waals surface area (Å²) < 4.78 is 0. The van der Waals surface area contributed by atoms with Crippen LogP contribution in [0.2, 0.25) is 0 Å². The highest BCUT2D eigenvalue weighted by molar-refractivity contribution is 6.20. The molecule has 0 amide bonds. The number of aliphatic hydroxyl groups is 1. The Labute approximate surface area is 82.7 Å². The van der Waals surface area contributed by atoms with Crippen molar-refractivity contribution in [3.05, 3.63) is 29.8 Å². The number of para-hydroxylation sites is 1. The number of halogens is 1. The number of fused-ring (bicyclic) bond motifs is 1. The van der Waals surface area contributed by atoms with Crippen molar-refractivity contribution in [2.45, 2.75) is 18.5 Å². The molecule has 1 atom stereocenters. The topological polar surface area (TPSA) is 23.5 Å². The molecule has 0 bridgehead atoms. The van der Waals surface area contributed by atoms with Gasteiger partial charge in [-0.2, -0.15) is 0 Å². The van der Waals surface area contributed by atoms with Crippen LogP contribution in [-0.2, 0) is 6.42 Å². The first-order valence-electron chi connectivity index (χ1n) is 4.46. The highest BCUT2D eigenvalue weighted by Crippen LogP contribution is 2.28. The molecule has 2 nitrogen and oxygen atoms in total. The van der Waals surface area contributed by atoms with Crippen molar-refractivity contribution in [2.24, 2.45) is 0 Å². The number of anilines is 1. The van der Waals surface area contributed by atoms with E-state index >= 15 is 0 Å². The molecule has 1 aliphatic heterocycles. The van der Waals surface area contributed by atoms with Crippen LogP contribution in [0.15, 0.2) is 24.3 Å². The number of aryl methyl sites for hydroxylation is 1. The predicted octanol–water partition coefficient (Wildman–Crippen LogP) is 1.95. The molecule has 1 N–H and O–H groups in total. The molecule has 2 rings (SSSR count). The van der Waals surface area contributed by atoms with Gasteiger partial charge >= 0.3 is 0 Å². The van der Waals surface area contributed by atoms with Crippen molar-refractivity contribution in [3.63, 3.8) is 0 Å². The van der Waals surface area contributed by atoms with Gasteiger partial charge in [0.25, 0.3) is 0 Å². The van der Waals surface area contributed by atoms with Crippen LogP contribution in [0.3, 0.4) is 0 Å². The fourth-order valence-electron chi connectivity index (χ4n) is 1.78. The minimum absolute atomic E-state index is 0.835. The molecule has 0 aliphatic carbocycles. The highest BCUT2D eigenvalue weighted by Gasteiger charge is 2.19. The van der Waals surface area contributed by atoms with Gasteiger partial charge in [0, 0.05) is 12.2 Å². The molecule has 0 saturated heterocycles. The summed E-state index contributed by atoms with van der Waals surface area (Å²) in [6, 6.07) is 8.07. The van der Waals surface area contributed by atoms with Gasteiger partial charge in [-0.05, 0) is 24.5 Å². The van der Waals surface area contributed by atoms with E-state index < -0.39 is 5.69 Å². The summed E-state index contributed by atoms with van der Waals surface area (Å²) in [6.07, 6.45) is 2.14. The molecule has 1 heterocycles. The van der Waals surface area contributed by atoms with Gasteiger partial charge in [-0.3, -0.25) is 0 Å². The molecule has 3 heteroatoms. The van der Waals surface area contributed by atoms with E-state index in [1.54, 1.807) is 0 Å². The number of benzene rings is 1. The van der Waals surface area contributed by atoms with E-state index in [1.807, 2.05) is 23.1 Å². The van der Waals surface area contributed by atoms with E-state index in [4.69, 9.17) is 11.6 Å². The molecule has 70 valence electrons. The van der Waals surface area contributed by atoms with E-state index in [1.165, 1.54) is 5.56 Å². The fraction of sp³-hybridized carbons (Fsp3) is 0.400. The Morgan fingerprint density at radius 1 is 1.38 bits per heavy atom. The standard InChI is InChI=1S/C10H12ClNO/c11-10(13)12-7-3-5-8-4-1-2-6-9(8)12/h1-2,4,6,10,13H,3,5,7H2. The zero-order valence-corrected chi connectivity index (χ0v) is 8.04. The van der Waals surface area contributed by atoms with E-state index in [0.29, 0.717) is 0 Å². The monoisotopic (exact) mass is 197 g/mol. The van der Waals surface area contributed by atoms with Crippen molar-refractivity contribution >= 4 is 17.3 Å². The molecular weight excluding hydrogens is 186 g/mol. The lowest BCUT2D eigenvalue weighted by Gasteiger charge is -2.32. The number of nitrogens with zero attached hydrogens (tertiary/aromatic N) is 1. The summed E-state index contributed by atoms with van der Waals surface area (Å²) in [6.45, 7) is 0.835. The maximum Gasteiger partial charge on any atom is 0.205 e. The van der Waals surface area contributed by atoms with Crippen LogP contribution < -0.4 is 4.90 Å². The first kappa shape index (κ1) is 8.85. The summed E-state index contributed by atoms with van der Waals surface area (Å²) in [5.74, 6) is 0. The first-order valence-corrected chi connectivity index (χ1v) is 4.89. The van der Waals surface area contributed by atoms with Crippen molar-refractivity contribution in [2.75, 3.05) is 11.4 Å². The van der Waals surface area contributed by atoms with E-state index in [0.717, 1.165) is 25.1 Å².